The number of nitrogens with zero attached hydrogens (tertiary/aromatic N) is 3. The highest BCUT2D eigenvalue weighted by molar-refractivity contribution is 7.17. The molecule has 4 rings (SSSR count). The first-order valence-electron chi connectivity index (χ1n) is 12.3. The average Bonchev–Trinajstić information content (AvgIpc) is 3.36. The summed E-state index contributed by atoms with van der Waals surface area (Å²) in [5.41, 5.74) is -3.98. The Labute approximate surface area is 232 Å². The third-order valence-electron chi connectivity index (χ3n) is 6.83. The lowest BCUT2D eigenvalue weighted by Gasteiger charge is -2.40. The van der Waals surface area contributed by atoms with Crippen LogP contribution in [0, 0.1) is 0 Å². The number of carbonyl (C=O) groups is 2. The van der Waals surface area contributed by atoms with E-state index >= 15 is 0 Å². The van der Waals surface area contributed by atoms with Gasteiger partial charge in [0, 0.05) is 30.3 Å². The molecule has 1 aliphatic heterocycles. The molecule has 8 nitrogen and oxygen atoms in total. The zero-order valence-electron chi connectivity index (χ0n) is 21.8. The van der Waals surface area contributed by atoms with E-state index in [1.165, 1.54) is 6.92 Å². The van der Waals surface area contributed by atoms with Gasteiger partial charge in [0.15, 0.2) is 5.01 Å². The fourth-order valence-corrected chi connectivity index (χ4v) is 5.75. The molecule has 3 heterocycles. The number of alkyl halides is 8. The van der Waals surface area contributed by atoms with Crippen LogP contribution in [-0.2, 0) is 6.18 Å². The number of likely N-dealkylation sites (tertiary alicyclic amines) is 1. The van der Waals surface area contributed by atoms with Crippen LogP contribution < -0.4 is 10.6 Å². The molecule has 226 valence electrons. The number of hydrogen-bond acceptors (Lipinski definition) is 7. The molecule has 0 aromatic carbocycles. The standard InChI is InChI=1S/C24H25F8N5O3S/c1-10-5-22(25,26)9-37(10)20(39)16-17(41-19(36-16)18(38)35-12-6-21(3,40)7-12)13-8-33-15(4-14(13)24(30,31)32)34-11(2)23(27,28)29/h4,8,10-12,40H,5-7,9H2,1-3H3,(H,33,34)(H,35,38)/t10-,11?,12?,21?/m0/s1. The smallest absolute Gasteiger partial charge is 0.390 e. The van der Waals surface area contributed by atoms with E-state index < -0.39 is 99.3 Å². The van der Waals surface area contributed by atoms with E-state index in [2.05, 4.69) is 15.3 Å². The van der Waals surface area contributed by atoms with E-state index in [1.807, 2.05) is 5.32 Å². The Kier molecular flexibility index (Phi) is 7.77. The van der Waals surface area contributed by atoms with Gasteiger partial charge in [-0.1, -0.05) is 0 Å². The van der Waals surface area contributed by atoms with Gasteiger partial charge in [0.25, 0.3) is 17.7 Å². The molecule has 41 heavy (non-hydrogen) atoms. The van der Waals surface area contributed by atoms with E-state index in [-0.39, 0.29) is 12.8 Å². The number of aromatic nitrogens is 2. The summed E-state index contributed by atoms with van der Waals surface area (Å²) in [6, 6.07) is -3.40. The van der Waals surface area contributed by atoms with Gasteiger partial charge in [-0.3, -0.25) is 9.59 Å². The molecule has 2 aromatic rings. The lowest BCUT2D eigenvalue weighted by atomic mass is 9.77. The molecule has 2 amide bonds. The molecule has 0 spiro atoms. The number of carbonyl (C=O) groups excluding carboxylic acids is 2. The average molecular weight is 616 g/mol. The third-order valence-corrected chi connectivity index (χ3v) is 7.92. The lowest BCUT2D eigenvalue weighted by Crippen LogP contribution is -2.53. The van der Waals surface area contributed by atoms with Gasteiger partial charge < -0.3 is 20.6 Å². The summed E-state index contributed by atoms with van der Waals surface area (Å²) in [5, 5.41) is 13.8. The number of halogens is 8. The van der Waals surface area contributed by atoms with E-state index in [9.17, 15) is 49.8 Å². The van der Waals surface area contributed by atoms with Crippen LogP contribution in [0.1, 0.15) is 65.9 Å². The van der Waals surface area contributed by atoms with Crippen LogP contribution in [0.2, 0.25) is 0 Å². The maximum absolute atomic E-state index is 14.2. The molecular formula is C24H25F8N5O3S. The first kappa shape index (κ1) is 30.9. The number of thiazole rings is 1. The molecule has 1 saturated carbocycles. The Morgan fingerprint density at radius 3 is 2.32 bits per heavy atom. The minimum absolute atomic E-state index is 0.191. The number of hydrogen-bond donors (Lipinski definition) is 3. The molecule has 2 atom stereocenters. The van der Waals surface area contributed by atoms with Gasteiger partial charge in [0.05, 0.1) is 22.6 Å². The molecule has 0 bridgehead atoms. The van der Waals surface area contributed by atoms with Gasteiger partial charge in [-0.15, -0.1) is 11.3 Å². The van der Waals surface area contributed by atoms with Crippen molar-refractivity contribution < 1.29 is 49.8 Å². The predicted molar refractivity (Wildman–Crippen MR) is 131 cm³/mol. The highest BCUT2D eigenvalue weighted by Gasteiger charge is 2.47. The summed E-state index contributed by atoms with van der Waals surface area (Å²) in [4.78, 5) is 34.1. The maximum Gasteiger partial charge on any atom is 0.417 e. The highest BCUT2D eigenvalue weighted by atomic mass is 32.1. The number of rotatable bonds is 6. The van der Waals surface area contributed by atoms with Crippen molar-refractivity contribution in [3.63, 3.8) is 0 Å². The van der Waals surface area contributed by atoms with Crippen molar-refractivity contribution in [3.8, 4) is 10.4 Å². The number of anilines is 1. The maximum atomic E-state index is 14.2. The van der Waals surface area contributed by atoms with Gasteiger partial charge in [-0.05, 0) is 39.7 Å². The van der Waals surface area contributed by atoms with E-state index in [0.717, 1.165) is 4.90 Å². The predicted octanol–water partition coefficient (Wildman–Crippen LogP) is 5.10. The van der Waals surface area contributed by atoms with Gasteiger partial charge in [-0.2, -0.15) is 26.3 Å². The van der Waals surface area contributed by atoms with Crippen molar-refractivity contribution in [2.75, 3.05) is 11.9 Å². The molecule has 1 unspecified atom stereocenters. The second kappa shape index (κ2) is 10.3. The Bertz CT molecular complexity index is 1340. The van der Waals surface area contributed by atoms with Gasteiger partial charge in [-0.25, -0.2) is 18.7 Å². The summed E-state index contributed by atoms with van der Waals surface area (Å²) >= 11 is 0.379. The highest BCUT2D eigenvalue weighted by Crippen LogP contribution is 2.43. The van der Waals surface area contributed by atoms with Crippen molar-refractivity contribution in [3.05, 3.63) is 28.5 Å². The Hall–Kier alpha value is -3.08. The fourth-order valence-electron chi connectivity index (χ4n) is 4.77. The number of amides is 2. The lowest BCUT2D eigenvalue weighted by molar-refractivity contribution is -0.138. The first-order chi connectivity index (χ1) is 18.7. The summed E-state index contributed by atoms with van der Waals surface area (Å²) in [7, 11) is 0. The van der Waals surface area contributed by atoms with E-state index in [4.69, 9.17) is 0 Å². The Morgan fingerprint density at radius 1 is 1.17 bits per heavy atom. The quantitative estimate of drug-likeness (QED) is 0.391. The molecule has 17 heteroatoms. The molecule has 3 N–H and O–H groups in total. The minimum atomic E-state index is -5.16. The zero-order valence-corrected chi connectivity index (χ0v) is 22.6. The second-order valence-electron chi connectivity index (χ2n) is 10.6. The van der Waals surface area contributed by atoms with Crippen LogP contribution in [-0.4, -0.2) is 74.2 Å². The second-order valence-corrected chi connectivity index (χ2v) is 11.6. The number of pyridine rings is 1. The molecule has 1 saturated heterocycles. The van der Waals surface area contributed by atoms with Crippen molar-refractivity contribution in [1.29, 1.82) is 0 Å². The first-order valence-corrected chi connectivity index (χ1v) is 13.1. The topological polar surface area (TPSA) is 107 Å². The van der Waals surface area contributed by atoms with Crippen LogP contribution in [0.25, 0.3) is 10.4 Å². The molecule has 1 aliphatic carbocycles. The van der Waals surface area contributed by atoms with Gasteiger partial charge in [0.2, 0.25) is 0 Å². The van der Waals surface area contributed by atoms with Crippen LogP contribution in [0.4, 0.5) is 40.9 Å². The van der Waals surface area contributed by atoms with Crippen LogP contribution in [0.5, 0.6) is 0 Å². The fraction of sp³-hybridized carbons (Fsp3) is 0.583. The van der Waals surface area contributed by atoms with Crippen molar-refractivity contribution in [1.82, 2.24) is 20.2 Å². The molecular weight excluding hydrogens is 590 g/mol. The molecule has 0 radical (unpaired) electrons. The molecule has 2 aromatic heterocycles. The summed E-state index contributed by atoms with van der Waals surface area (Å²) < 4.78 is 109. The van der Waals surface area contributed by atoms with E-state index in [0.29, 0.717) is 30.5 Å². The van der Waals surface area contributed by atoms with Crippen molar-refractivity contribution >= 4 is 29.0 Å². The third kappa shape index (κ3) is 6.71. The van der Waals surface area contributed by atoms with Gasteiger partial charge in [0.1, 0.15) is 17.6 Å². The molecule has 2 fully saturated rings. The summed E-state index contributed by atoms with van der Waals surface area (Å²) in [6.45, 7) is 2.53. The normalized spacial score (nSPS) is 25.0. The van der Waals surface area contributed by atoms with Crippen molar-refractivity contribution in [2.24, 2.45) is 0 Å². The Morgan fingerprint density at radius 2 is 1.80 bits per heavy atom. The largest absolute Gasteiger partial charge is 0.417 e. The summed E-state index contributed by atoms with van der Waals surface area (Å²) in [6.07, 6.45) is -9.67. The minimum Gasteiger partial charge on any atom is -0.390 e. The zero-order chi connectivity index (χ0) is 30.7. The van der Waals surface area contributed by atoms with Gasteiger partial charge >= 0.3 is 12.4 Å². The monoisotopic (exact) mass is 615 g/mol. The molecule has 2 aliphatic rings. The van der Waals surface area contributed by atoms with Crippen LogP contribution in [0.15, 0.2) is 12.3 Å². The summed E-state index contributed by atoms with van der Waals surface area (Å²) in [5.74, 6) is -6.03. The van der Waals surface area contributed by atoms with E-state index in [1.54, 1.807) is 6.92 Å². The Balaban J connectivity index is 1.78. The van der Waals surface area contributed by atoms with Crippen LogP contribution >= 0.6 is 11.3 Å². The number of nitrogens with one attached hydrogen (secondary N) is 2. The van der Waals surface area contributed by atoms with Crippen LogP contribution in [0.3, 0.4) is 0 Å². The number of aliphatic hydroxyl groups is 1. The SMILES string of the molecule is CC(Nc1cc(C(F)(F)F)c(-c2sc(C(=O)NC3CC(C)(O)C3)nc2C(=O)N2CC(F)(F)C[C@@H]2C)cn1)C(F)(F)F. The van der Waals surface area contributed by atoms with Crippen molar-refractivity contribution in [2.45, 2.75) is 82.0 Å².